The Bertz CT molecular complexity index is 398. The molecule has 1 aromatic rings. The molecular weight excluding hydrogens is 250 g/mol. The summed E-state index contributed by atoms with van der Waals surface area (Å²) in [7, 11) is 0. The zero-order chi connectivity index (χ0) is 13.4. The lowest BCUT2D eigenvalue weighted by Gasteiger charge is -2.10. The maximum absolute atomic E-state index is 11.4. The van der Waals surface area contributed by atoms with Gasteiger partial charge in [-0.3, -0.25) is 9.59 Å². The first-order valence-corrected chi connectivity index (χ1v) is 6.57. The van der Waals surface area contributed by atoms with Crippen molar-refractivity contribution in [3.05, 3.63) is 30.3 Å². The van der Waals surface area contributed by atoms with Gasteiger partial charge in [-0.1, -0.05) is 18.2 Å². The highest BCUT2D eigenvalue weighted by molar-refractivity contribution is 7.99. The van der Waals surface area contributed by atoms with Crippen molar-refractivity contribution in [3.8, 4) is 0 Å². The molecule has 0 aliphatic carbocycles. The SMILES string of the molecule is NC(=O)CC(N)C(=O)NCCSc1ccccc1. The number of rotatable bonds is 7. The molecule has 0 saturated carbocycles. The zero-order valence-electron chi connectivity index (χ0n) is 9.96. The Hall–Kier alpha value is -1.53. The van der Waals surface area contributed by atoms with Crippen molar-refractivity contribution in [3.63, 3.8) is 0 Å². The molecule has 1 atom stereocenters. The van der Waals surface area contributed by atoms with Gasteiger partial charge in [-0.25, -0.2) is 0 Å². The lowest BCUT2D eigenvalue weighted by Crippen LogP contribution is -2.43. The fraction of sp³-hybridized carbons (Fsp3) is 0.333. The van der Waals surface area contributed by atoms with Crippen LogP contribution >= 0.6 is 11.8 Å². The Labute approximate surface area is 110 Å². The van der Waals surface area contributed by atoms with E-state index in [0.717, 1.165) is 10.6 Å². The molecule has 0 bridgehead atoms. The molecule has 1 unspecified atom stereocenters. The molecule has 0 aliphatic heterocycles. The van der Waals surface area contributed by atoms with Gasteiger partial charge in [-0.05, 0) is 12.1 Å². The summed E-state index contributed by atoms with van der Waals surface area (Å²) in [5.74, 6) is -0.169. The van der Waals surface area contributed by atoms with Gasteiger partial charge in [0.05, 0.1) is 12.5 Å². The summed E-state index contributed by atoms with van der Waals surface area (Å²) in [5, 5.41) is 2.67. The van der Waals surface area contributed by atoms with Crippen molar-refractivity contribution < 1.29 is 9.59 Å². The standard InChI is InChI=1S/C12H17N3O2S/c13-10(8-11(14)16)12(17)15-6-7-18-9-4-2-1-3-5-9/h1-5,10H,6-8,13H2,(H2,14,16)(H,15,17). The Morgan fingerprint density at radius 1 is 1.28 bits per heavy atom. The lowest BCUT2D eigenvalue weighted by atomic mass is 10.2. The predicted molar refractivity (Wildman–Crippen MR) is 72.0 cm³/mol. The minimum absolute atomic E-state index is 0.127. The third-order valence-electron chi connectivity index (χ3n) is 2.17. The van der Waals surface area contributed by atoms with Crippen LogP contribution in [0.5, 0.6) is 0 Å². The second-order valence-corrected chi connectivity index (χ2v) is 4.90. The van der Waals surface area contributed by atoms with Crippen LogP contribution < -0.4 is 16.8 Å². The van der Waals surface area contributed by atoms with E-state index in [1.165, 1.54) is 0 Å². The van der Waals surface area contributed by atoms with E-state index in [0.29, 0.717) is 6.54 Å². The van der Waals surface area contributed by atoms with E-state index in [9.17, 15) is 9.59 Å². The van der Waals surface area contributed by atoms with E-state index in [4.69, 9.17) is 11.5 Å². The maximum Gasteiger partial charge on any atom is 0.237 e. The zero-order valence-corrected chi connectivity index (χ0v) is 10.8. The number of nitrogens with one attached hydrogen (secondary N) is 1. The Morgan fingerprint density at radius 2 is 1.94 bits per heavy atom. The highest BCUT2D eigenvalue weighted by Crippen LogP contribution is 2.15. The summed E-state index contributed by atoms with van der Waals surface area (Å²) in [6.45, 7) is 0.505. The average Bonchev–Trinajstić information content (AvgIpc) is 2.34. The molecule has 5 N–H and O–H groups in total. The molecule has 2 amide bonds. The largest absolute Gasteiger partial charge is 0.370 e. The number of nitrogens with two attached hydrogens (primary N) is 2. The van der Waals surface area contributed by atoms with Crippen LogP contribution in [0.4, 0.5) is 0 Å². The minimum atomic E-state index is -0.857. The molecule has 0 heterocycles. The van der Waals surface area contributed by atoms with Crippen LogP contribution in [0.1, 0.15) is 6.42 Å². The first kappa shape index (κ1) is 14.5. The number of benzene rings is 1. The van der Waals surface area contributed by atoms with E-state index in [1.807, 2.05) is 30.3 Å². The third-order valence-corrected chi connectivity index (χ3v) is 3.18. The molecule has 5 nitrogen and oxygen atoms in total. The van der Waals surface area contributed by atoms with Gasteiger partial charge in [0, 0.05) is 17.2 Å². The second-order valence-electron chi connectivity index (χ2n) is 3.73. The van der Waals surface area contributed by atoms with E-state index in [2.05, 4.69) is 5.32 Å². The summed E-state index contributed by atoms with van der Waals surface area (Å²) >= 11 is 1.64. The van der Waals surface area contributed by atoms with Crippen molar-refractivity contribution >= 4 is 23.6 Å². The van der Waals surface area contributed by atoms with Gasteiger partial charge in [-0.2, -0.15) is 0 Å². The summed E-state index contributed by atoms with van der Waals surface area (Å²) in [6, 6.07) is 9.03. The molecule has 98 valence electrons. The van der Waals surface area contributed by atoms with Crippen LogP contribution in [-0.4, -0.2) is 30.2 Å². The minimum Gasteiger partial charge on any atom is -0.370 e. The number of hydrogen-bond donors (Lipinski definition) is 3. The van der Waals surface area contributed by atoms with E-state index in [-0.39, 0.29) is 12.3 Å². The molecule has 0 fully saturated rings. The molecule has 6 heteroatoms. The van der Waals surface area contributed by atoms with Gasteiger partial charge < -0.3 is 16.8 Å². The monoisotopic (exact) mass is 267 g/mol. The van der Waals surface area contributed by atoms with Crippen LogP contribution in [0.2, 0.25) is 0 Å². The van der Waals surface area contributed by atoms with Crippen LogP contribution in [0.25, 0.3) is 0 Å². The topological polar surface area (TPSA) is 98.2 Å². The average molecular weight is 267 g/mol. The Kier molecular flexibility index (Phi) is 6.24. The first-order valence-electron chi connectivity index (χ1n) is 5.59. The van der Waals surface area contributed by atoms with E-state index >= 15 is 0 Å². The Morgan fingerprint density at radius 3 is 2.56 bits per heavy atom. The fourth-order valence-electron chi connectivity index (χ4n) is 1.30. The number of thioether (sulfide) groups is 1. The second kappa shape index (κ2) is 7.73. The summed E-state index contributed by atoms with van der Waals surface area (Å²) in [5.41, 5.74) is 10.5. The van der Waals surface area contributed by atoms with Gasteiger partial charge in [0.15, 0.2) is 0 Å². The highest BCUT2D eigenvalue weighted by atomic mass is 32.2. The summed E-state index contributed by atoms with van der Waals surface area (Å²) < 4.78 is 0. The van der Waals surface area contributed by atoms with Crippen LogP contribution in [0.15, 0.2) is 35.2 Å². The molecule has 0 radical (unpaired) electrons. The highest BCUT2D eigenvalue weighted by Gasteiger charge is 2.14. The van der Waals surface area contributed by atoms with Crippen molar-refractivity contribution in [2.24, 2.45) is 11.5 Å². The van der Waals surface area contributed by atoms with Gasteiger partial charge in [-0.15, -0.1) is 11.8 Å². The number of hydrogen-bond acceptors (Lipinski definition) is 4. The molecule has 18 heavy (non-hydrogen) atoms. The first-order chi connectivity index (χ1) is 8.59. The van der Waals surface area contributed by atoms with Gasteiger partial charge in [0.25, 0.3) is 0 Å². The van der Waals surface area contributed by atoms with Crippen molar-refractivity contribution in [2.45, 2.75) is 17.4 Å². The summed E-state index contributed by atoms with van der Waals surface area (Å²) in [6.07, 6.45) is -0.127. The van der Waals surface area contributed by atoms with Gasteiger partial charge >= 0.3 is 0 Å². The Balaban J connectivity index is 2.18. The maximum atomic E-state index is 11.4. The van der Waals surface area contributed by atoms with Gasteiger partial charge in [0.2, 0.25) is 11.8 Å². The molecule has 1 rings (SSSR count). The summed E-state index contributed by atoms with van der Waals surface area (Å²) in [4.78, 5) is 23.2. The smallest absolute Gasteiger partial charge is 0.237 e. The lowest BCUT2D eigenvalue weighted by molar-refractivity contribution is -0.126. The van der Waals surface area contributed by atoms with Gasteiger partial charge in [0.1, 0.15) is 0 Å². The molecular formula is C12H17N3O2S. The molecule has 0 aliphatic rings. The number of carbonyl (C=O) groups is 2. The van der Waals surface area contributed by atoms with Crippen molar-refractivity contribution in [2.75, 3.05) is 12.3 Å². The third kappa shape index (κ3) is 5.70. The molecule has 0 saturated heterocycles. The molecule has 0 spiro atoms. The van der Waals surface area contributed by atoms with Crippen LogP contribution in [0.3, 0.4) is 0 Å². The van der Waals surface area contributed by atoms with Crippen LogP contribution in [-0.2, 0) is 9.59 Å². The quantitative estimate of drug-likeness (QED) is 0.482. The number of carbonyl (C=O) groups excluding carboxylic acids is 2. The van der Waals surface area contributed by atoms with Crippen molar-refractivity contribution in [1.82, 2.24) is 5.32 Å². The number of primary amides is 1. The van der Waals surface area contributed by atoms with Crippen molar-refractivity contribution in [1.29, 1.82) is 0 Å². The van der Waals surface area contributed by atoms with E-state index in [1.54, 1.807) is 11.8 Å². The molecule has 0 aromatic heterocycles. The number of amides is 2. The molecule has 1 aromatic carbocycles. The normalized spacial score (nSPS) is 11.8. The predicted octanol–water partition coefficient (Wildman–Crippen LogP) is 0.0976. The van der Waals surface area contributed by atoms with Crippen LogP contribution in [0, 0.1) is 0 Å². The fourth-order valence-corrected chi connectivity index (χ4v) is 2.09. The van der Waals surface area contributed by atoms with E-state index < -0.39 is 11.9 Å².